The first-order valence-corrected chi connectivity index (χ1v) is 5.22. The van der Waals surface area contributed by atoms with Crippen LogP contribution in [-0.2, 0) is 18.5 Å². The minimum absolute atomic E-state index is 0.0254. The van der Waals surface area contributed by atoms with E-state index in [0.29, 0.717) is 0 Å². The zero-order valence-electron chi connectivity index (χ0n) is 9.83. The highest BCUT2D eigenvalue weighted by atomic mass is 19.3. The smallest absolute Gasteiger partial charge is 0.251 e. The molecule has 0 radical (unpaired) electrons. The Morgan fingerprint density at radius 3 is 2.68 bits per heavy atom. The van der Waals surface area contributed by atoms with Crippen LogP contribution in [0.2, 0.25) is 0 Å². The molecule has 1 heterocycles. The number of benzene rings is 1. The molecule has 0 unspecified atom stereocenters. The van der Waals surface area contributed by atoms with E-state index in [4.69, 9.17) is 5.26 Å². The molecule has 0 atom stereocenters. The van der Waals surface area contributed by atoms with Crippen LogP contribution in [0.15, 0.2) is 23.0 Å². The van der Waals surface area contributed by atoms with Crippen molar-refractivity contribution in [2.75, 3.05) is 0 Å². The van der Waals surface area contributed by atoms with Gasteiger partial charge < -0.3 is 0 Å². The lowest BCUT2D eigenvalue weighted by Crippen LogP contribution is -2.23. The topological polar surface area (TPSA) is 82.2 Å². The van der Waals surface area contributed by atoms with E-state index in [1.165, 1.54) is 25.2 Å². The highest BCUT2D eigenvalue weighted by Crippen LogP contribution is 2.27. The first kappa shape index (κ1) is 13.3. The first-order chi connectivity index (χ1) is 9.06. The molecule has 0 aliphatic carbocycles. The zero-order chi connectivity index (χ0) is 14.0. The molecule has 0 fully saturated rings. The predicted molar refractivity (Wildman–Crippen MR) is 59.0 cm³/mol. The predicted octanol–water partition coefficient (Wildman–Crippen LogP) is 0.893. The van der Waals surface area contributed by atoms with Gasteiger partial charge in [-0.15, -0.1) is 0 Å². The van der Waals surface area contributed by atoms with E-state index in [1.807, 2.05) is 0 Å². The van der Waals surface area contributed by atoms with Crippen LogP contribution in [-0.4, -0.2) is 25.0 Å². The van der Waals surface area contributed by atoms with E-state index in [-0.39, 0.29) is 16.8 Å². The molecular weight excluding hydrogens is 262 g/mol. The fourth-order valence-corrected chi connectivity index (χ4v) is 1.68. The summed E-state index contributed by atoms with van der Waals surface area (Å²) in [5.41, 5.74) is -0.873. The molecule has 0 saturated carbocycles. The third kappa shape index (κ3) is 2.37. The van der Waals surface area contributed by atoms with Crippen molar-refractivity contribution >= 4 is 0 Å². The number of aryl methyl sites for hydroxylation is 1. The Labute approximate surface area is 105 Å². The van der Waals surface area contributed by atoms with Gasteiger partial charge in [-0.3, -0.25) is 5.26 Å². The summed E-state index contributed by atoms with van der Waals surface area (Å²) in [6.07, 6.45) is -2.77. The van der Waals surface area contributed by atoms with Crippen LogP contribution >= 0.6 is 0 Å². The molecule has 1 aromatic carbocycles. The summed E-state index contributed by atoms with van der Waals surface area (Å²) in [6, 6.07) is 3.96. The third-order valence-electron chi connectivity index (χ3n) is 2.58. The number of nitrogens with zero attached hydrogens (tertiary/aromatic N) is 4. The fourth-order valence-electron chi connectivity index (χ4n) is 1.68. The lowest BCUT2D eigenvalue weighted by atomic mass is 10.1. The summed E-state index contributed by atoms with van der Waals surface area (Å²) in [6.45, 7) is -0.487. The van der Waals surface area contributed by atoms with Crippen molar-refractivity contribution < 1.29 is 18.9 Å². The Kier molecular flexibility index (Phi) is 3.67. The van der Waals surface area contributed by atoms with Crippen molar-refractivity contribution in [3.63, 3.8) is 0 Å². The number of tetrazole rings is 1. The van der Waals surface area contributed by atoms with E-state index >= 15 is 0 Å². The Bertz CT molecular complexity index is 638. The number of alkyl halides is 2. The maximum Gasteiger partial charge on any atom is 0.368 e. The van der Waals surface area contributed by atoms with Crippen molar-refractivity contribution in [2.45, 2.75) is 13.0 Å². The van der Waals surface area contributed by atoms with E-state index in [0.717, 1.165) is 9.36 Å². The summed E-state index contributed by atoms with van der Waals surface area (Å²) in [4.78, 5) is 15.6. The molecule has 2 rings (SSSR count). The maximum atomic E-state index is 12.9. The maximum absolute atomic E-state index is 12.9. The molecule has 0 aliphatic heterocycles. The van der Waals surface area contributed by atoms with Crippen LogP contribution in [0.25, 0.3) is 5.69 Å². The second-order valence-electron chi connectivity index (χ2n) is 3.72. The molecule has 19 heavy (non-hydrogen) atoms. The fraction of sp³-hybridized carbons (Fsp3) is 0.300. The van der Waals surface area contributed by atoms with E-state index < -0.39 is 18.7 Å². The molecule has 1 N–H and O–H groups in total. The molecular formula is C10H10F2N4O3. The van der Waals surface area contributed by atoms with Crippen LogP contribution in [0.5, 0.6) is 0 Å². The largest absolute Gasteiger partial charge is 0.368 e. The van der Waals surface area contributed by atoms with Gasteiger partial charge in [0, 0.05) is 18.2 Å². The molecule has 0 amide bonds. The van der Waals surface area contributed by atoms with Gasteiger partial charge in [0.05, 0.1) is 5.69 Å². The van der Waals surface area contributed by atoms with Crippen molar-refractivity contribution in [2.24, 2.45) is 7.05 Å². The second-order valence-corrected chi connectivity index (χ2v) is 3.72. The van der Waals surface area contributed by atoms with Crippen LogP contribution in [0.4, 0.5) is 8.78 Å². The highest BCUT2D eigenvalue weighted by molar-refractivity contribution is 5.45. The summed E-state index contributed by atoms with van der Waals surface area (Å²) in [5, 5.41) is 15.6. The van der Waals surface area contributed by atoms with E-state index in [2.05, 4.69) is 15.3 Å². The molecule has 0 spiro atoms. The number of halogens is 2. The number of aromatic nitrogens is 4. The Morgan fingerprint density at radius 1 is 1.42 bits per heavy atom. The third-order valence-corrected chi connectivity index (χ3v) is 2.58. The molecule has 0 bridgehead atoms. The minimum Gasteiger partial charge on any atom is -0.251 e. The van der Waals surface area contributed by atoms with E-state index in [9.17, 15) is 13.6 Å². The molecule has 2 aromatic rings. The zero-order valence-corrected chi connectivity index (χ0v) is 9.83. The monoisotopic (exact) mass is 272 g/mol. The standard InChI is InChI=1S/C10H10F2N4O3/c1-15-10(17)16(14-13-15)8-4-2-3-6(9(11)12)7(8)5-19-18/h2-4,9,18H,5H2,1H3. The molecule has 7 nitrogen and oxygen atoms in total. The van der Waals surface area contributed by atoms with Crippen molar-refractivity contribution in [1.82, 2.24) is 19.8 Å². The lowest BCUT2D eigenvalue weighted by Gasteiger charge is -2.11. The Balaban J connectivity index is 2.66. The van der Waals surface area contributed by atoms with Gasteiger partial charge in [0.25, 0.3) is 6.43 Å². The van der Waals surface area contributed by atoms with Crippen molar-refractivity contribution in [3.8, 4) is 5.69 Å². The molecule has 102 valence electrons. The van der Waals surface area contributed by atoms with Crippen molar-refractivity contribution in [1.29, 1.82) is 0 Å². The number of hydrogen-bond donors (Lipinski definition) is 1. The van der Waals surface area contributed by atoms with Gasteiger partial charge in [0.2, 0.25) is 0 Å². The van der Waals surface area contributed by atoms with Crippen molar-refractivity contribution in [3.05, 3.63) is 39.8 Å². The minimum atomic E-state index is -2.77. The van der Waals surface area contributed by atoms with Crippen LogP contribution in [0.3, 0.4) is 0 Å². The average Bonchev–Trinajstić information content (AvgIpc) is 2.70. The normalized spacial score (nSPS) is 11.2. The lowest BCUT2D eigenvalue weighted by molar-refractivity contribution is -0.253. The van der Waals surface area contributed by atoms with Gasteiger partial charge in [0.15, 0.2) is 0 Å². The van der Waals surface area contributed by atoms with Crippen LogP contribution in [0, 0.1) is 0 Å². The molecule has 1 aromatic heterocycles. The molecule has 0 aliphatic rings. The van der Waals surface area contributed by atoms with Gasteiger partial charge in [-0.25, -0.2) is 18.5 Å². The Hall–Kier alpha value is -2.13. The second kappa shape index (κ2) is 5.24. The van der Waals surface area contributed by atoms with Gasteiger partial charge in [0.1, 0.15) is 6.61 Å². The Morgan fingerprint density at radius 2 is 2.16 bits per heavy atom. The highest BCUT2D eigenvalue weighted by Gasteiger charge is 2.19. The SMILES string of the molecule is Cn1nnn(-c2cccc(C(F)F)c2COO)c1=O. The van der Waals surface area contributed by atoms with Gasteiger partial charge in [-0.1, -0.05) is 12.1 Å². The number of hydrogen-bond acceptors (Lipinski definition) is 5. The molecule has 9 heteroatoms. The summed E-state index contributed by atoms with van der Waals surface area (Å²) < 4.78 is 27.6. The first-order valence-electron chi connectivity index (χ1n) is 5.22. The van der Waals surface area contributed by atoms with Gasteiger partial charge in [-0.05, 0) is 16.5 Å². The molecule has 0 saturated heterocycles. The summed E-state index contributed by atoms with van der Waals surface area (Å²) in [5.74, 6) is 0. The van der Waals surface area contributed by atoms with Gasteiger partial charge in [-0.2, -0.15) is 9.36 Å². The summed E-state index contributed by atoms with van der Waals surface area (Å²) in [7, 11) is 1.38. The van der Waals surface area contributed by atoms with Gasteiger partial charge >= 0.3 is 5.69 Å². The number of rotatable bonds is 4. The van der Waals surface area contributed by atoms with Crippen LogP contribution in [0.1, 0.15) is 17.6 Å². The van der Waals surface area contributed by atoms with E-state index in [1.54, 1.807) is 0 Å². The summed E-state index contributed by atoms with van der Waals surface area (Å²) >= 11 is 0. The average molecular weight is 272 g/mol. The van der Waals surface area contributed by atoms with Crippen LogP contribution < -0.4 is 5.69 Å². The quantitative estimate of drug-likeness (QED) is 0.660.